The number of aliphatic hydroxyl groups excluding tert-OH is 2. The van der Waals surface area contributed by atoms with Gasteiger partial charge in [0.2, 0.25) is 5.88 Å². The van der Waals surface area contributed by atoms with Gasteiger partial charge in [0.05, 0.1) is 12.8 Å². The monoisotopic (exact) mass is 225 g/mol. The molecule has 0 saturated carbocycles. The first-order chi connectivity index (χ1) is 7.63. The molecule has 3 N–H and O–H groups in total. The Balaban J connectivity index is 2.38. The third-order valence-electron chi connectivity index (χ3n) is 2.07. The van der Waals surface area contributed by atoms with Gasteiger partial charge in [0.15, 0.2) is 0 Å². The van der Waals surface area contributed by atoms with Gasteiger partial charge in [0.25, 0.3) is 0 Å². The van der Waals surface area contributed by atoms with Crippen LogP contribution in [0.1, 0.15) is 17.3 Å². The molecular weight excluding hydrogens is 214 g/mol. The van der Waals surface area contributed by atoms with Crippen molar-refractivity contribution in [1.29, 1.82) is 0 Å². The summed E-state index contributed by atoms with van der Waals surface area (Å²) in [5.74, 6) is -0.583. The lowest BCUT2D eigenvalue weighted by molar-refractivity contribution is 0.0527. The van der Waals surface area contributed by atoms with Crippen molar-refractivity contribution >= 4 is 17.7 Å². The van der Waals surface area contributed by atoms with Gasteiger partial charge in [-0.05, 0) is 6.92 Å². The second-order valence-electron chi connectivity index (χ2n) is 3.15. The minimum absolute atomic E-state index is 0.167. The van der Waals surface area contributed by atoms with Crippen LogP contribution in [0.2, 0.25) is 0 Å². The van der Waals surface area contributed by atoms with Gasteiger partial charge in [-0.15, -0.1) is 0 Å². The number of carbonyl (C=O) groups excluding carboxylic acids is 1. The normalized spacial score (nSPS) is 18.4. The van der Waals surface area contributed by atoms with E-state index in [0.29, 0.717) is 0 Å². The number of hydrogen-bond donors (Lipinski definition) is 3. The molecule has 0 amide bonds. The van der Waals surface area contributed by atoms with Crippen LogP contribution in [0.5, 0.6) is 0 Å². The van der Waals surface area contributed by atoms with Crippen LogP contribution in [0.4, 0.5) is 5.82 Å². The number of aliphatic hydroxyl groups is 2. The number of nitrogens with one attached hydrogen (secondary N) is 1. The molecule has 0 aliphatic carbocycles. The summed E-state index contributed by atoms with van der Waals surface area (Å²) in [7, 11) is 0. The molecule has 1 aliphatic rings. The molecule has 2 rings (SSSR count). The highest BCUT2D eigenvalue weighted by Crippen LogP contribution is 2.23. The third-order valence-corrected chi connectivity index (χ3v) is 2.07. The molecule has 1 aliphatic heterocycles. The Morgan fingerprint density at radius 2 is 2.50 bits per heavy atom. The highest BCUT2D eigenvalue weighted by molar-refractivity contribution is 5.95. The number of aromatic nitrogens is 2. The summed E-state index contributed by atoms with van der Waals surface area (Å²) in [5, 5.41) is 25.2. The molecule has 0 spiro atoms. The van der Waals surface area contributed by atoms with Crippen molar-refractivity contribution in [3.63, 3.8) is 0 Å². The van der Waals surface area contributed by atoms with Crippen molar-refractivity contribution in [3.05, 3.63) is 17.8 Å². The average Bonchev–Trinajstić information content (AvgIpc) is 2.61. The molecule has 1 aromatic rings. The molecule has 2 heterocycles. The molecule has 1 unspecified atom stereocenters. The van der Waals surface area contributed by atoms with Crippen LogP contribution in [0, 0.1) is 0 Å². The van der Waals surface area contributed by atoms with Gasteiger partial charge in [-0.1, -0.05) is 0 Å². The lowest BCUT2D eigenvalue weighted by Crippen LogP contribution is -2.25. The van der Waals surface area contributed by atoms with Crippen LogP contribution in [-0.4, -0.2) is 38.8 Å². The van der Waals surface area contributed by atoms with E-state index in [9.17, 15) is 15.0 Å². The summed E-state index contributed by atoms with van der Waals surface area (Å²) >= 11 is 0. The minimum atomic E-state index is -1.06. The molecule has 0 radical (unpaired) electrons. The summed E-state index contributed by atoms with van der Waals surface area (Å²) < 4.78 is 5.92. The average molecular weight is 225 g/mol. The largest absolute Gasteiger partial charge is 0.493 e. The zero-order valence-corrected chi connectivity index (χ0v) is 8.54. The topological polar surface area (TPSA) is 96.6 Å². The van der Waals surface area contributed by atoms with Gasteiger partial charge < -0.3 is 20.3 Å². The molecule has 7 heteroatoms. The van der Waals surface area contributed by atoms with Crippen molar-refractivity contribution < 1.29 is 19.7 Å². The predicted molar refractivity (Wildman–Crippen MR) is 54.7 cm³/mol. The number of carbonyl (C=O) groups is 1. The summed E-state index contributed by atoms with van der Waals surface area (Å²) in [4.78, 5) is 11.5. The molecule has 7 nitrogen and oxygen atoms in total. The van der Waals surface area contributed by atoms with Gasteiger partial charge in [-0.2, -0.15) is 9.78 Å². The molecule has 86 valence electrons. The zero-order chi connectivity index (χ0) is 11.7. The van der Waals surface area contributed by atoms with Crippen LogP contribution in [0.15, 0.2) is 12.3 Å². The number of rotatable bonds is 2. The van der Waals surface area contributed by atoms with Crippen LogP contribution in [0.25, 0.3) is 5.88 Å². The summed E-state index contributed by atoms with van der Waals surface area (Å²) in [5.41, 5.74) is 0.167. The van der Waals surface area contributed by atoms with Gasteiger partial charge in [0.1, 0.15) is 17.6 Å². The van der Waals surface area contributed by atoms with Crippen molar-refractivity contribution in [1.82, 2.24) is 9.78 Å². The molecule has 1 atom stereocenters. The van der Waals surface area contributed by atoms with E-state index in [4.69, 9.17) is 4.74 Å². The molecule has 16 heavy (non-hydrogen) atoms. The Labute approximate surface area is 90.9 Å². The van der Waals surface area contributed by atoms with Crippen LogP contribution < -0.4 is 5.32 Å². The van der Waals surface area contributed by atoms with E-state index in [1.807, 2.05) is 0 Å². The van der Waals surface area contributed by atoms with Crippen LogP contribution in [-0.2, 0) is 4.74 Å². The van der Waals surface area contributed by atoms with Crippen molar-refractivity contribution in [2.75, 3.05) is 11.9 Å². The molecule has 0 fully saturated rings. The first-order valence-electron chi connectivity index (χ1n) is 4.74. The van der Waals surface area contributed by atoms with Crippen molar-refractivity contribution in [2.45, 2.75) is 13.2 Å². The van der Waals surface area contributed by atoms with Gasteiger partial charge >= 0.3 is 5.97 Å². The number of fused-ring (bicyclic) bond motifs is 1. The second kappa shape index (κ2) is 3.86. The maximum absolute atomic E-state index is 11.5. The summed E-state index contributed by atoms with van der Waals surface area (Å²) in [6.45, 7) is 1.93. The van der Waals surface area contributed by atoms with E-state index in [-0.39, 0.29) is 23.9 Å². The first-order valence-corrected chi connectivity index (χ1v) is 4.74. The van der Waals surface area contributed by atoms with E-state index in [1.54, 1.807) is 6.92 Å². The Hall–Kier alpha value is -2.02. The highest BCUT2D eigenvalue weighted by atomic mass is 16.5. The Morgan fingerprint density at radius 3 is 3.19 bits per heavy atom. The standard InChI is InChI=1S/C9H11N3O4/c1-2-16-9(15)5-4-10-12-7(14)3-6(13)11-8(5)12/h3-4,6,11,13-14H,2H2,1H3. The maximum atomic E-state index is 11.5. The van der Waals surface area contributed by atoms with Gasteiger partial charge in [-0.25, -0.2) is 4.79 Å². The van der Waals surface area contributed by atoms with Crippen molar-refractivity contribution in [3.8, 4) is 0 Å². The van der Waals surface area contributed by atoms with Crippen LogP contribution >= 0.6 is 0 Å². The number of nitrogens with zero attached hydrogens (tertiary/aromatic N) is 2. The molecule has 0 saturated heterocycles. The van der Waals surface area contributed by atoms with Gasteiger partial charge in [0, 0.05) is 6.08 Å². The number of hydrogen-bond acceptors (Lipinski definition) is 6. The first kappa shape index (κ1) is 10.5. The lowest BCUT2D eigenvalue weighted by Gasteiger charge is -2.18. The predicted octanol–water partition coefficient (Wildman–Crippen LogP) is 0.160. The highest BCUT2D eigenvalue weighted by Gasteiger charge is 2.25. The SMILES string of the molecule is CCOC(=O)c1cnn2c1NC(O)C=C2O. The number of esters is 1. The Bertz CT molecular complexity index is 452. The maximum Gasteiger partial charge on any atom is 0.343 e. The van der Waals surface area contributed by atoms with Gasteiger partial charge in [-0.3, -0.25) is 0 Å². The third kappa shape index (κ3) is 1.61. The fraction of sp³-hybridized carbons (Fsp3) is 0.333. The lowest BCUT2D eigenvalue weighted by atomic mass is 10.3. The molecule has 0 bridgehead atoms. The fourth-order valence-corrected chi connectivity index (χ4v) is 1.41. The Kier molecular flexibility index (Phi) is 2.53. The van der Waals surface area contributed by atoms with E-state index in [0.717, 1.165) is 10.8 Å². The van der Waals surface area contributed by atoms with Crippen molar-refractivity contribution in [2.24, 2.45) is 0 Å². The second-order valence-corrected chi connectivity index (χ2v) is 3.15. The number of ether oxygens (including phenoxy) is 1. The smallest absolute Gasteiger partial charge is 0.343 e. The Morgan fingerprint density at radius 1 is 1.75 bits per heavy atom. The molecule has 0 aromatic carbocycles. The van der Waals surface area contributed by atoms with E-state index in [1.165, 1.54) is 6.20 Å². The molecular formula is C9H11N3O4. The van der Waals surface area contributed by atoms with E-state index in [2.05, 4.69) is 10.4 Å². The van der Waals surface area contributed by atoms with E-state index < -0.39 is 12.2 Å². The van der Waals surface area contributed by atoms with Crippen LogP contribution in [0.3, 0.4) is 0 Å². The fourth-order valence-electron chi connectivity index (χ4n) is 1.41. The molecule has 1 aromatic heterocycles. The summed E-state index contributed by atoms with van der Waals surface area (Å²) in [6.07, 6.45) is 1.37. The quantitative estimate of drug-likeness (QED) is 0.620. The zero-order valence-electron chi connectivity index (χ0n) is 8.54. The summed E-state index contributed by atoms with van der Waals surface area (Å²) in [6, 6.07) is 0. The van der Waals surface area contributed by atoms with E-state index >= 15 is 0 Å². The number of anilines is 1. The minimum Gasteiger partial charge on any atom is -0.493 e.